The summed E-state index contributed by atoms with van der Waals surface area (Å²) < 4.78 is 2.68. The van der Waals surface area contributed by atoms with Gasteiger partial charge in [-0.25, -0.2) is 0 Å². The summed E-state index contributed by atoms with van der Waals surface area (Å²) in [5, 5.41) is 2.74. The van der Waals surface area contributed by atoms with Crippen molar-refractivity contribution >= 4 is 71.1 Å². The summed E-state index contributed by atoms with van der Waals surface area (Å²) in [5.74, 6) is 0. The van der Waals surface area contributed by atoms with Crippen molar-refractivity contribution < 1.29 is 0 Å². The fraction of sp³-hybridized carbons (Fsp3) is 0.0476. The molecule has 0 saturated carbocycles. The minimum absolute atomic E-state index is 0.0753. The number of fused-ring (bicyclic) bond motifs is 4. The van der Waals surface area contributed by atoms with Crippen molar-refractivity contribution in [1.29, 1.82) is 0 Å². The quantitative estimate of drug-likeness (QED) is 0.341. The molecule has 1 N–H and O–H groups in total. The molecule has 27 heavy (non-hydrogen) atoms. The molecule has 2 heterocycles. The van der Waals surface area contributed by atoms with Crippen LogP contribution >= 0.6 is 27.5 Å². The van der Waals surface area contributed by atoms with E-state index in [1.54, 1.807) is 36.4 Å². The number of aromatic amines is 1. The van der Waals surface area contributed by atoms with E-state index >= 15 is 0 Å². The molecule has 0 unspecified atom stereocenters. The zero-order valence-corrected chi connectivity index (χ0v) is 16.5. The maximum absolute atomic E-state index is 13.1. The Morgan fingerprint density at radius 1 is 0.926 bits per heavy atom. The molecule has 5 aromatic rings. The van der Waals surface area contributed by atoms with Gasteiger partial charge in [0.2, 0.25) is 0 Å². The van der Waals surface area contributed by atoms with Gasteiger partial charge in [0.25, 0.3) is 0 Å². The maximum Gasteiger partial charge on any atom is 0.197 e. The van der Waals surface area contributed by atoms with E-state index in [4.69, 9.17) is 11.6 Å². The normalized spacial score (nSPS) is 11.8. The van der Waals surface area contributed by atoms with Crippen LogP contribution in [0.2, 0.25) is 5.02 Å². The van der Waals surface area contributed by atoms with Gasteiger partial charge >= 0.3 is 0 Å². The van der Waals surface area contributed by atoms with E-state index in [1.165, 1.54) is 0 Å². The van der Waals surface area contributed by atoms with Crippen LogP contribution in [0.15, 0.2) is 62.6 Å². The number of aromatic nitrogens is 2. The lowest BCUT2D eigenvalue weighted by Gasteiger charge is -2.13. The molecule has 0 spiro atoms. The Hall–Kier alpha value is -2.63. The maximum atomic E-state index is 13.1. The molecule has 132 valence electrons. The predicted octanol–water partition coefficient (Wildman–Crippen LogP) is 5.10. The van der Waals surface area contributed by atoms with Crippen molar-refractivity contribution in [3.63, 3.8) is 0 Å². The van der Waals surface area contributed by atoms with Gasteiger partial charge in [-0.15, -0.1) is 0 Å². The van der Waals surface area contributed by atoms with Gasteiger partial charge in [0.15, 0.2) is 10.9 Å². The number of nitrogens with one attached hydrogen (secondary N) is 1. The molecule has 0 atom stereocenters. The molecule has 5 rings (SSSR count). The Balaban J connectivity index is 2.08. The lowest BCUT2D eigenvalue weighted by molar-refractivity contribution is 1.00. The molecule has 0 aliphatic rings. The Kier molecular flexibility index (Phi) is 3.48. The second-order valence-electron chi connectivity index (χ2n) is 6.56. The molecule has 0 fully saturated rings. The van der Waals surface area contributed by atoms with Crippen molar-refractivity contribution in [2.75, 3.05) is 0 Å². The van der Waals surface area contributed by atoms with E-state index in [-0.39, 0.29) is 10.9 Å². The van der Waals surface area contributed by atoms with Gasteiger partial charge in [0.1, 0.15) is 0 Å². The number of nitrogens with zero attached hydrogens (tertiary/aromatic N) is 1. The number of para-hydroxylation sites is 2. The number of hydrogen-bond acceptors (Lipinski definition) is 2. The Morgan fingerprint density at radius 2 is 1.63 bits per heavy atom. The molecule has 2 aromatic heterocycles. The summed E-state index contributed by atoms with van der Waals surface area (Å²) >= 11 is 9.83. The average Bonchev–Trinajstić information content (AvgIpc) is 2.66. The third-order valence-corrected chi connectivity index (χ3v) is 6.04. The van der Waals surface area contributed by atoms with Crippen molar-refractivity contribution in [3.05, 3.63) is 78.5 Å². The third kappa shape index (κ3) is 2.22. The lowest BCUT2D eigenvalue weighted by Crippen LogP contribution is -2.11. The highest BCUT2D eigenvalue weighted by Crippen LogP contribution is 2.28. The fourth-order valence-electron chi connectivity index (χ4n) is 3.76. The summed E-state index contributed by atoms with van der Waals surface area (Å²) in [6.45, 7) is 0. The van der Waals surface area contributed by atoms with E-state index in [2.05, 4.69) is 20.9 Å². The molecule has 6 heteroatoms. The summed E-state index contributed by atoms with van der Waals surface area (Å²) in [6, 6.07) is 14.3. The second kappa shape index (κ2) is 5.68. The fourth-order valence-corrected chi connectivity index (χ4v) is 4.53. The number of aryl methyl sites for hydroxylation is 1. The third-order valence-electron chi connectivity index (χ3n) is 5.07. The van der Waals surface area contributed by atoms with Gasteiger partial charge < -0.3 is 9.55 Å². The Labute approximate surface area is 166 Å². The number of H-pyrrole nitrogens is 1. The first-order valence-electron chi connectivity index (χ1n) is 8.32. The molecule has 0 saturated heterocycles. The first kappa shape index (κ1) is 16.5. The highest BCUT2D eigenvalue weighted by molar-refractivity contribution is 9.10. The Bertz CT molecular complexity index is 1550. The monoisotopic (exact) mass is 438 g/mol. The van der Waals surface area contributed by atoms with E-state index in [0.29, 0.717) is 43.1 Å². The van der Waals surface area contributed by atoms with Crippen molar-refractivity contribution in [1.82, 2.24) is 9.55 Å². The first-order valence-corrected chi connectivity index (χ1v) is 9.49. The van der Waals surface area contributed by atoms with E-state index in [1.807, 2.05) is 23.7 Å². The van der Waals surface area contributed by atoms with Gasteiger partial charge in [-0.05, 0) is 52.3 Å². The van der Waals surface area contributed by atoms with Crippen molar-refractivity contribution in [2.24, 2.45) is 7.05 Å². The zero-order chi connectivity index (χ0) is 18.9. The van der Waals surface area contributed by atoms with Crippen LogP contribution in [0.25, 0.3) is 43.6 Å². The molecule has 0 amide bonds. The predicted molar refractivity (Wildman–Crippen MR) is 115 cm³/mol. The minimum Gasteiger partial charge on any atom is -0.353 e. The van der Waals surface area contributed by atoms with E-state index < -0.39 is 0 Å². The number of pyridine rings is 2. The van der Waals surface area contributed by atoms with E-state index in [0.717, 1.165) is 9.99 Å². The SMILES string of the molecule is Cn1c2cc3c(=O)c4cccc(Br)c4[nH]c3cc2c(=O)c2cccc(Cl)c21. The summed E-state index contributed by atoms with van der Waals surface area (Å²) in [5.41, 5.74) is 2.51. The number of benzene rings is 3. The topological polar surface area (TPSA) is 54.9 Å². The number of hydrogen-bond donors (Lipinski definition) is 1. The highest BCUT2D eigenvalue weighted by atomic mass is 79.9. The van der Waals surface area contributed by atoms with Crippen LogP contribution in [0.3, 0.4) is 0 Å². The molecule has 0 radical (unpaired) electrons. The van der Waals surface area contributed by atoms with Crippen LogP contribution in [0.5, 0.6) is 0 Å². The van der Waals surface area contributed by atoms with Crippen LogP contribution < -0.4 is 10.9 Å². The van der Waals surface area contributed by atoms with Crippen molar-refractivity contribution in [3.8, 4) is 0 Å². The summed E-state index contributed by atoms with van der Waals surface area (Å²) in [7, 11) is 1.85. The molecular formula is C21H12BrClN2O2. The van der Waals surface area contributed by atoms with Crippen LogP contribution in [0.1, 0.15) is 0 Å². The second-order valence-corrected chi connectivity index (χ2v) is 7.82. The molecule has 0 aliphatic heterocycles. The Morgan fingerprint density at radius 3 is 2.44 bits per heavy atom. The molecule has 4 nitrogen and oxygen atoms in total. The average molecular weight is 440 g/mol. The van der Waals surface area contributed by atoms with Gasteiger partial charge in [0.05, 0.1) is 27.1 Å². The first-order chi connectivity index (χ1) is 13.0. The smallest absolute Gasteiger partial charge is 0.197 e. The zero-order valence-electron chi connectivity index (χ0n) is 14.1. The van der Waals surface area contributed by atoms with Gasteiger partial charge in [-0.2, -0.15) is 0 Å². The van der Waals surface area contributed by atoms with E-state index in [9.17, 15) is 9.59 Å². The van der Waals surface area contributed by atoms with Crippen LogP contribution in [0, 0.1) is 0 Å². The van der Waals surface area contributed by atoms with Crippen LogP contribution in [-0.2, 0) is 7.05 Å². The molecule has 0 bridgehead atoms. The lowest BCUT2D eigenvalue weighted by atomic mass is 10.0. The molecule has 0 aliphatic carbocycles. The summed E-state index contributed by atoms with van der Waals surface area (Å²) in [6.07, 6.45) is 0. The van der Waals surface area contributed by atoms with Crippen molar-refractivity contribution in [2.45, 2.75) is 0 Å². The van der Waals surface area contributed by atoms with Gasteiger partial charge in [-0.1, -0.05) is 23.7 Å². The van der Waals surface area contributed by atoms with Crippen LogP contribution in [0.4, 0.5) is 0 Å². The minimum atomic E-state index is -0.101. The summed E-state index contributed by atoms with van der Waals surface area (Å²) in [4.78, 5) is 29.4. The molecular weight excluding hydrogens is 428 g/mol. The van der Waals surface area contributed by atoms with Gasteiger partial charge in [0, 0.05) is 33.1 Å². The highest BCUT2D eigenvalue weighted by Gasteiger charge is 2.14. The largest absolute Gasteiger partial charge is 0.353 e. The molecule has 3 aromatic carbocycles. The number of halogens is 2. The standard InChI is InChI=1S/C21H12BrClN2O2/c1-25-17-9-12-16(24-18-10(20(12)26)4-2-6-14(18)22)8-13(17)21(27)11-5-3-7-15(23)19(11)25/h2-9H,1H3,(H,24,26). The number of rotatable bonds is 0. The van der Waals surface area contributed by atoms with Crippen LogP contribution in [-0.4, -0.2) is 9.55 Å². The van der Waals surface area contributed by atoms with Gasteiger partial charge in [-0.3, -0.25) is 9.59 Å².